The van der Waals surface area contributed by atoms with E-state index in [1.165, 1.54) is 11.4 Å². The summed E-state index contributed by atoms with van der Waals surface area (Å²) < 4.78 is 27.4. The van der Waals surface area contributed by atoms with Gasteiger partial charge in [0, 0.05) is 32.6 Å². The largest absolute Gasteiger partial charge is 0.481 e. The predicted molar refractivity (Wildman–Crippen MR) is 76.9 cm³/mol. The van der Waals surface area contributed by atoms with Crippen LogP contribution < -0.4 is 0 Å². The number of aliphatic hydroxyl groups is 1. The Labute approximate surface area is 125 Å². The predicted octanol–water partition coefficient (Wildman–Crippen LogP) is 0.265. The summed E-state index contributed by atoms with van der Waals surface area (Å²) in [5.41, 5.74) is -0.718. The summed E-state index contributed by atoms with van der Waals surface area (Å²) in [5, 5.41) is 19.2. The van der Waals surface area contributed by atoms with Crippen molar-refractivity contribution < 1.29 is 23.4 Å². The van der Waals surface area contributed by atoms with E-state index < -0.39 is 21.8 Å². The van der Waals surface area contributed by atoms with E-state index in [-0.39, 0.29) is 18.9 Å². The molecule has 1 aliphatic heterocycles. The van der Waals surface area contributed by atoms with Gasteiger partial charge in [-0.1, -0.05) is 12.8 Å². The first-order chi connectivity index (χ1) is 9.75. The fourth-order valence-corrected chi connectivity index (χ4v) is 4.72. The molecule has 21 heavy (non-hydrogen) atoms. The Morgan fingerprint density at radius 3 is 2.76 bits per heavy atom. The molecule has 7 nitrogen and oxygen atoms in total. The zero-order valence-electron chi connectivity index (χ0n) is 12.4. The number of carboxylic acids is 1. The Bertz CT molecular complexity index is 495. The summed E-state index contributed by atoms with van der Waals surface area (Å²) in [7, 11) is -2.24. The van der Waals surface area contributed by atoms with Crippen molar-refractivity contribution in [3.63, 3.8) is 0 Å². The Balaban J connectivity index is 2.03. The average molecular weight is 320 g/mol. The van der Waals surface area contributed by atoms with Crippen molar-refractivity contribution in [3.05, 3.63) is 0 Å². The molecule has 2 N–H and O–H groups in total. The highest BCUT2D eigenvalue weighted by atomic mass is 32.2. The SMILES string of the molecule is CN(CCC(=O)O)S(=O)(=O)N1CCC2(O)CCCCC2C1. The lowest BCUT2D eigenvalue weighted by molar-refractivity contribution is -0.137. The summed E-state index contributed by atoms with van der Waals surface area (Å²) in [6, 6.07) is 0. The first-order valence-electron chi connectivity index (χ1n) is 7.41. The van der Waals surface area contributed by atoms with E-state index in [0.29, 0.717) is 19.5 Å². The molecule has 2 unspecified atom stereocenters. The second-order valence-electron chi connectivity index (χ2n) is 6.13. The van der Waals surface area contributed by atoms with E-state index >= 15 is 0 Å². The quantitative estimate of drug-likeness (QED) is 0.757. The lowest BCUT2D eigenvalue weighted by Crippen LogP contribution is -2.56. The molecule has 0 aromatic heterocycles. The van der Waals surface area contributed by atoms with Gasteiger partial charge in [0.05, 0.1) is 12.0 Å². The highest BCUT2D eigenvalue weighted by Gasteiger charge is 2.45. The van der Waals surface area contributed by atoms with Crippen LogP contribution in [0.4, 0.5) is 0 Å². The van der Waals surface area contributed by atoms with E-state index in [9.17, 15) is 18.3 Å². The van der Waals surface area contributed by atoms with Crippen LogP contribution in [0.15, 0.2) is 0 Å². The Morgan fingerprint density at radius 2 is 2.10 bits per heavy atom. The minimum Gasteiger partial charge on any atom is -0.481 e. The van der Waals surface area contributed by atoms with Crippen molar-refractivity contribution in [2.24, 2.45) is 5.92 Å². The number of hydrogen-bond acceptors (Lipinski definition) is 4. The second kappa shape index (κ2) is 6.20. The molecule has 0 amide bonds. The van der Waals surface area contributed by atoms with Crippen molar-refractivity contribution in [3.8, 4) is 0 Å². The van der Waals surface area contributed by atoms with Gasteiger partial charge < -0.3 is 10.2 Å². The summed E-state index contributed by atoms with van der Waals surface area (Å²) in [5.74, 6) is -1.03. The maximum Gasteiger partial charge on any atom is 0.304 e. The Morgan fingerprint density at radius 1 is 1.38 bits per heavy atom. The standard InChI is InChI=1S/C13H24N2O5S/c1-14(8-5-12(16)17)21(19,20)15-9-7-13(18)6-3-2-4-11(13)10-15/h11,18H,2-10H2,1H3,(H,16,17). The number of hydrogen-bond donors (Lipinski definition) is 2. The van der Waals surface area contributed by atoms with E-state index in [1.807, 2.05) is 0 Å². The van der Waals surface area contributed by atoms with Gasteiger partial charge in [-0.2, -0.15) is 17.0 Å². The van der Waals surface area contributed by atoms with Crippen molar-refractivity contribution in [2.45, 2.75) is 44.1 Å². The van der Waals surface area contributed by atoms with Crippen molar-refractivity contribution >= 4 is 16.2 Å². The molecule has 1 heterocycles. The van der Waals surface area contributed by atoms with Gasteiger partial charge in [-0.15, -0.1) is 0 Å². The minimum absolute atomic E-state index is 0.0114. The number of carboxylic acid groups (broad SMARTS) is 1. The molecule has 2 aliphatic rings. The van der Waals surface area contributed by atoms with E-state index in [1.54, 1.807) is 0 Å². The van der Waals surface area contributed by atoms with Gasteiger partial charge in [-0.05, 0) is 19.3 Å². The Kier molecular flexibility index (Phi) is 4.92. The third-order valence-electron chi connectivity index (χ3n) is 4.75. The molecule has 1 saturated carbocycles. The fourth-order valence-electron chi connectivity index (χ4n) is 3.32. The average Bonchev–Trinajstić information content (AvgIpc) is 2.43. The maximum absolute atomic E-state index is 12.5. The number of piperidine rings is 1. The molecule has 0 aromatic carbocycles. The highest BCUT2D eigenvalue weighted by molar-refractivity contribution is 7.86. The number of nitrogens with zero attached hydrogens (tertiary/aromatic N) is 2. The van der Waals surface area contributed by atoms with Crippen LogP contribution >= 0.6 is 0 Å². The van der Waals surface area contributed by atoms with Crippen LogP contribution in [-0.2, 0) is 15.0 Å². The monoisotopic (exact) mass is 320 g/mol. The van der Waals surface area contributed by atoms with Gasteiger partial charge in [-0.3, -0.25) is 4.79 Å². The fraction of sp³-hybridized carbons (Fsp3) is 0.923. The van der Waals surface area contributed by atoms with E-state index in [2.05, 4.69) is 0 Å². The first kappa shape index (κ1) is 16.7. The van der Waals surface area contributed by atoms with Crippen LogP contribution in [-0.4, -0.2) is 65.5 Å². The Hall–Kier alpha value is -0.700. The summed E-state index contributed by atoms with van der Waals surface area (Å²) in [6.07, 6.45) is 3.87. The molecule has 122 valence electrons. The van der Waals surface area contributed by atoms with Gasteiger partial charge in [-0.25, -0.2) is 0 Å². The molecule has 8 heteroatoms. The smallest absolute Gasteiger partial charge is 0.304 e. The number of aliphatic carboxylic acids is 1. The lowest BCUT2D eigenvalue weighted by atomic mass is 9.72. The highest BCUT2D eigenvalue weighted by Crippen LogP contribution is 2.40. The van der Waals surface area contributed by atoms with Crippen molar-refractivity contribution in [1.29, 1.82) is 0 Å². The third-order valence-corrected chi connectivity index (χ3v) is 6.71. The topological polar surface area (TPSA) is 98.2 Å². The van der Waals surface area contributed by atoms with E-state index in [4.69, 9.17) is 5.11 Å². The number of rotatable bonds is 5. The van der Waals surface area contributed by atoms with Gasteiger partial charge in [0.25, 0.3) is 10.2 Å². The molecule has 2 atom stereocenters. The van der Waals surface area contributed by atoms with Gasteiger partial charge >= 0.3 is 5.97 Å². The van der Waals surface area contributed by atoms with Gasteiger partial charge in [0.15, 0.2) is 0 Å². The minimum atomic E-state index is -3.64. The van der Waals surface area contributed by atoms with Crippen LogP contribution in [0.3, 0.4) is 0 Å². The second-order valence-corrected chi connectivity index (χ2v) is 8.16. The van der Waals surface area contributed by atoms with E-state index in [0.717, 1.165) is 30.0 Å². The van der Waals surface area contributed by atoms with Crippen LogP contribution in [0.1, 0.15) is 38.5 Å². The summed E-state index contributed by atoms with van der Waals surface area (Å²) >= 11 is 0. The summed E-state index contributed by atoms with van der Waals surface area (Å²) in [4.78, 5) is 10.6. The van der Waals surface area contributed by atoms with Crippen LogP contribution in [0.5, 0.6) is 0 Å². The van der Waals surface area contributed by atoms with Crippen LogP contribution in [0.2, 0.25) is 0 Å². The maximum atomic E-state index is 12.5. The molecule has 0 aromatic rings. The lowest BCUT2D eigenvalue weighted by Gasteiger charge is -2.47. The number of fused-ring (bicyclic) bond motifs is 1. The third kappa shape index (κ3) is 3.56. The van der Waals surface area contributed by atoms with Crippen LogP contribution in [0, 0.1) is 5.92 Å². The molecule has 0 radical (unpaired) electrons. The number of carbonyl (C=O) groups is 1. The van der Waals surface area contributed by atoms with Gasteiger partial charge in [0.2, 0.25) is 0 Å². The van der Waals surface area contributed by atoms with Crippen molar-refractivity contribution in [2.75, 3.05) is 26.7 Å². The normalized spacial score (nSPS) is 31.1. The molecular formula is C13H24N2O5S. The van der Waals surface area contributed by atoms with Gasteiger partial charge in [0.1, 0.15) is 0 Å². The first-order valence-corrected chi connectivity index (χ1v) is 8.81. The molecular weight excluding hydrogens is 296 g/mol. The zero-order valence-corrected chi connectivity index (χ0v) is 13.2. The molecule has 1 aliphatic carbocycles. The van der Waals surface area contributed by atoms with Crippen LogP contribution in [0.25, 0.3) is 0 Å². The molecule has 0 bridgehead atoms. The molecule has 2 rings (SSSR count). The summed E-state index contributed by atoms with van der Waals surface area (Å²) in [6.45, 7) is 0.589. The molecule has 1 saturated heterocycles. The molecule has 2 fully saturated rings. The molecule has 0 spiro atoms. The zero-order chi connectivity index (χ0) is 15.7. The van der Waals surface area contributed by atoms with Crippen molar-refractivity contribution in [1.82, 2.24) is 8.61 Å².